The fourth-order valence-electron chi connectivity index (χ4n) is 5.28. The molecule has 0 N–H and O–H groups in total. The van der Waals surface area contributed by atoms with Gasteiger partial charge in [0.25, 0.3) is 0 Å². The molecule has 0 bridgehead atoms. The highest BCUT2D eigenvalue weighted by atomic mass is 14.1. The Morgan fingerprint density at radius 3 is 0.719 bits per heavy atom. The minimum Gasteiger partial charge on any atom is -0.0654 e. The zero-order valence-electron chi connectivity index (χ0n) is 23.4. The summed E-state index contributed by atoms with van der Waals surface area (Å²) in [5.41, 5.74) is 0. The SMILES string of the molecule is CCCCCCCCCCCCCCCCCC(CC)CCCCCCCCCCCC. The molecule has 0 heterocycles. The average Bonchev–Trinajstić information content (AvgIpc) is 2.81. The number of unbranched alkanes of at least 4 members (excludes halogenated alkanes) is 23. The van der Waals surface area contributed by atoms with Crippen LogP contribution in [0.3, 0.4) is 0 Å². The van der Waals surface area contributed by atoms with Gasteiger partial charge in [-0.25, -0.2) is 0 Å². The molecule has 0 spiro atoms. The van der Waals surface area contributed by atoms with Gasteiger partial charge < -0.3 is 0 Å². The summed E-state index contributed by atoms with van der Waals surface area (Å²) < 4.78 is 0. The first-order chi connectivity index (χ1) is 15.8. The van der Waals surface area contributed by atoms with Gasteiger partial charge in [-0.15, -0.1) is 0 Å². The standard InChI is InChI=1S/C32H66/c1-4-7-9-11-13-15-17-18-19-20-21-23-25-27-29-31-32(6-3)30-28-26-24-22-16-14-12-10-8-5-2/h32H,4-31H2,1-3H3. The molecule has 0 aliphatic heterocycles. The van der Waals surface area contributed by atoms with E-state index in [1.54, 1.807) is 0 Å². The first kappa shape index (κ1) is 32.0. The Balaban J connectivity index is 3.25. The van der Waals surface area contributed by atoms with Crippen molar-refractivity contribution in [2.24, 2.45) is 5.92 Å². The fraction of sp³-hybridized carbons (Fsp3) is 1.00. The van der Waals surface area contributed by atoms with Crippen molar-refractivity contribution in [3.63, 3.8) is 0 Å². The highest BCUT2D eigenvalue weighted by Crippen LogP contribution is 2.22. The summed E-state index contributed by atoms with van der Waals surface area (Å²) in [4.78, 5) is 0. The van der Waals surface area contributed by atoms with Crippen LogP contribution in [0.5, 0.6) is 0 Å². The van der Waals surface area contributed by atoms with Gasteiger partial charge in [-0.2, -0.15) is 0 Å². The molecule has 0 aliphatic carbocycles. The van der Waals surface area contributed by atoms with E-state index in [1.165, 1.54) is 180 Å². The second-order valence-corrected chi connectivity index (χ2v) is 11.0. The summed E-state index contributed by atoms with van der Waals surface area (Å²) in [6.45, 7) is 7.04. The third-order valence-electron chi connectivity index (χ3n) is 7.76. The molecule has 0 saturated carbocycles. The van der Waals surface area contributed by atoms with E-state index in [0.717, 1.165) is 5.92 Å². The van der Waals surface area contributed by atoms with Gasteiger partial charge in [-0.05, 0) is 5.92 Å². The zero-order chi connectivity index (χ0) is 23.4. The zero-order valence-corrected chi connectivity index (χ0v) is 23.4. The van der Waals surface area contributed by atoms with Crippen LogP contribution in [0, 0.1) is 5.92 Å². The van der Waals surface area contributed by atoms with Crippen LogP contribution >= 0.6 is 0 Å². The van der Waals surface area contributed by atoms with E-state index in [-0.39, 0.29) is 0 Å². The number of hydrogen-bond acceptors (Lipinski definition) is 0. The van der Waals surface area contributed by atoms with Crippen molar-refractivity contribution < 1.29 is 0 Å². The van der Waals surface area contributed by atoms with Crippen molar-refractivity contribution in [1.29, 1.82) is 0 Å². The maximum absolute atomic E-state index is 2.42. The third kappa shape index (κ3) is 26.3. The van der Waals surface area contributed by atoms with Gasteiger partial charge in [0.2, 0.25) is 0 Å². The van der Waals surface area contributed by atoms with E-state index < -0.39 is 0 Å². The molecule has 0 saturated heterocycles. The quantitative estimate of drug-likeness (QED) is 0.104. The van der Waals surface area contributed by atoms with Gasteiger partial charge in [0.1, 0.15) is 0 Å². The molecule has 0 radical (unpaired) electrons. The average molecular weight is 451 g/mol. The molecule has 0 aromatic carbocycles. The van der Waals surface area contributed by atoms with Gasteiger partial charge in [0.15, 0.2) is 0 Å². The topological polar surface area (TPSA) is 0 Å². The lowest BCUT2D eigenvalue weighted by Gasteiger charge is -2.14. The molecular formula is C32H66. The molecule has 1 atom stereocenters. The van der Waals surface area contributed by atoms with Crippen LogP contribution < -0.4 is 0 Å². The molecule has 0 aliphatic rings. The Kier molecular flexibility index (Phi) is 29.0. The normalized spacial score (nSPS) is 12.5. The molecule has 0 heteroatoms. The van der Waals surface area contributed by atoms with E-state index in [1.807, 2.05) is 0 Å². The van der Waals surface area contributed by atoms with Gasteiger partial charge in [-0.3, -0.25) is 0 Å². The second-order valence-electron chi connectivity index (χ2n) is 11.0. The maximum Gasteiger partial charge on any atom is -0.0417 e. The molecule has 0 amide bonds. The van der Waals surface area contributed by atoms with Crippen LogP contribution in [0.4, 0.5) is 0 Å². The Morgan fingerprint density at radius 1 is 0.281 bits per heavy atom. The van der Waals surface area contributed by atoms with Crippen LogP contribution in [0.2, 0.25) is 0 Å². The molecule has 0 fully saturated rings. The van der Waals surface area contributed by atoms with Crippen molar-refractivity contribution in [1.82, 2.24) is 0 Å². The van der Waals surface area contributed by atoms with Crippen molar-refractivity contribution >= 4 is 0 Å². The molecule has 0 rings (SSSR count). The molecule has 0 aromatic rings. The van der Waals surface area contributed by atoms with Crippen molar-refractivity contribution in [3.8, 4) is 0 Å². The first-order valence-electron chi connectivity index (χ1n) is 15.8. The van der Waals surface area contributed by atoms with Gasteiger partial charge in [0, 0.05) is 0 Å². The second kappa shape index (κ2) is 29.0. The number of hydrogen-bond donors (Lipinski definition) is 0. The monoisotopic (exact) mass is 451 g/mol. The predicted octanol–water partition coefficient (Wildman–Crippen LogP) is 12.6. The van der Waals surface area contributed by atoms with E-state index in [9.17, 15) is 0 Å². The minimum absolute atomic E-state index is 1.02. The molecule has 32 heavy (non-hydrogen) atoms. The Hall–Kier alpha value is 0. The lowest BCUT2D eigenvalue weighted by atomic mass is 9.92. The highest BCUT2D eigenvalue weighted by Gasteiger charge is 2.06. The molecular weight excluding hydrogens is 384 g/mol. The van der Waals surface area contributed by atoms with Crippen molar-refractivity contribution in [2.45, 2.75) is 201 Å². The summed E-state index contributed by atoms with van der Waals surface area (Å²) in [6.07, 6.45) is 41.3. The first-order valence-corrected chi connectivity index (χ1v) is 15.8. The summed E-state index contributed by atoms with van der Waals surface area (Å²) in [6, 6.07) is 0. The van der Waals surface area contributed by atoms with Crippen LogP contribution in [0.1, 0.15) is 201 Å². The Labute approximate surface area is 206 Å². The molecule has 0 aromatic heterocycles. The maximum atomic E-state index is 2.42. The van der Waals surface area contributed by atoms with Gasteiger partial charge in [-0.1, -0.05) is 201 Å². The van der Waals surface area contributed by atoms with Crippen LogP contribution in [-0.2, 0) is 0 Å². The molecule has 0 nitrogen and oxygen atoms in total. The minimum atomic E-state index is 1.02. The molecule has 194 valence electrons. The van der Waals surface area contributed by atoms with E-state index in [4.69, 9.17) is 0 Å². The predicted molar refractivity (Wildman–Crippen MR) is 150 cm³/mol. The summed E-state index contributed by atoms with van der Waals surface area (Å²) in [7, 11) is 0. The largest absolute Gasteiger partial charge is 0.0654 e. The van der Waals surface area contributed by atoms with Crippen LogP contribution in [-0.4, -0.2) is 0 Å². The lowest BCUT2D eigenvalue weighted by molar-refractivity contribution is 0.392. The fourth-order valence-corrected chi connectivity index (χ4v) is 5.28. The van der Waals surface area contributed by atoms with Crippen molar-refractivity contribution in [2.75, 3.05) is 0 Å². The highest BCUT2D eigenvalue weighted by molar-refractivity contribution is 4.59. The van der Waals surface area contributed by atoms with Gasteiger partial charge in [0.05, 0.1) is 0 Å². The van der Waals surface area contributed by atoms with Crippen LogP contribution in [0.15, 0.2) is 0 Å². The van der Waals surface area contributed by atoms with E-state index in [0.29, 0.717) is 0 Å². The van der Waals surface area contributed by atoms with Gasteiger partial charge >= 0.3 is 0 Å². The Morgan fingerprint density at radius 2 is 0.500 bits per heavy atom. The third-order valence-corrected chi connectivity index (χ3v) is 7.76. The van der Waals surface area contributed by atoms with Crippen LogP contribution in [0.25, 0.3) is 0 Å². The molecule has 1 unspecified atom stereocenters. The van der Waals surface area contributed by atoms with Crippen molar-refractivity contribution in [3.05, 3.63) is 0 Å². The summed E-state index contributed by atoms with van der Waals surface area (Å²) in [5.74, 6) is 1.02. The summed E-state index contributed by atoms with van der Waals surface area (Å²) in [5, 5.41) is 0. The summed E-state index contributed by atoms with van der Waals surface area (Å²) >= 11 is 0. The smallest absolute Gasteiger partial charge is 0.0417 e. The van der Waals surface area contributed by atoms with E-state index in [2.05, 4.69) is 20.8 Å². The Bertz CT molecular complexity index is 307. The number of rotatable bonds is 28. The lowest BCUT2D eigenvalue weighted by Crippen LogP contribution is -1.99. The van der Waals surface area contributed by atoms with E-state index >= 15 is 0 Å².